The number of ether oxygens (including phenoxy) is 1. The fourth-order valence-electron chi connectivity index (χ4n) is 3.02. The largest absolute Gasteiger partial charge is 0.435 e. The maximum absolute atomic E-state index is 14.6. The molecule has 0 atom stereocenters. The highest BCUT2D eigenvalue weighted by Gasteiger charge is 2.13. The fraction of sp³-hybridized carbons (Fsp3) is 0.0909. The molecular weight excluding hydrogens is 417 g/mol. The molecule has 2 aromatic carbocycles. The topological polar surface area (TPSA) is 81.1 Å². The Morgan fingerprint density at radius 2 is 1.97 bits per heavy atom. The highest BCUT2D eigenvalue weighted by atomic mass is 32.1. The van der Waals surface area contributed by atoms with Gasteiger partial charge >= 0.3 is 0 Å². The maximum Gasteiger partial charge on any atom is 0.231 e. The molecule has 0 spiro atoms. The van der Waals surface area contributed by atoms with E-state index >= 15 is 0 Å². The van der Waals surface area contributed by atoms with Gasteiger partial charge in [-0.1, -0.05) is 30.3 Å². The summed E-state index contributed by atoms with van der Waals surface area (Å²) in [5, 5.41) is 6.13. The lowest BCUT2D eigenvalue weighted by atomic mass is 10.1. The third-order valence-electron chi connectivity index (χ3n) is 4.48. The van der Waals surface area contributed by atoms with Crippen molar-refractivity contribution in [3.8, 4) is 11.6 Å². The van der Waals surface area contributed by atoms with Crippen LogP contribution in [0.25, 0.3) is 11.0 Å². The second-order valence-corrected chi connectivity index (χ2v) is 7.16. The third-order valence-corrected chi connectivity index (χ3v) is 4.69. The van der Waals surface area contributed by atoms with Crippen LogP contribution in [0.3, 0.4) is 0 Å². The average Bonchev–Trinajstić information content (AvgIpc) is 3.12. The van der Waals surface area contributed by atoms with E-state index in [1.807, 2.05) is 48.1 Å². The average molecular weight is 435 g/mol. The molecule has 2 heterocycles. The summed E-state index contributed by atoms with van der Waals surface area (Å²) >= 11 is 5.15. The summed E-state index contributed by atoms with van der Waals surface area (Å²) in [5.41, 5.74) is 1.93. The van der Waals surface area contributed by atoms with Crippen LogP contribution in [-0.4, -0.2) is 25.6 Å². The number of aryl methyl sites for hydroxylation is 1. The summed E-state index contributed by atoms with van der Waals surface area (Å²) in [6.45, 7) is 0. The van der Waals surface area contributed by atoms with Crippen molar-refractivity contribution in [2.75, 3.05) is 5.32 Å². The molecule has 0 unspecified atom stereocenters. The lowest BCUT2D eigenvalue weighted by Crippen LogP contribution is -2.35. The van der Waals surface area contributed by atoms with Crippen molar-refractivity contribution >= 4 is 40.0 Å². The number of hydrogen-bond donors (Lipinski definition) is 2. The van der Waals surface area contributed by atoms with Gasteiger partial charge in [-0.2, -0.15) is 0 Å². The highest BCUT2D eigenvalue weighted by molar-refractivity contribution is 7.80. The van der Waals surface area contributed by atoms with E-state index in [0.29, 0.717) is 16.7 Å². The van der Waals surface area contributed by atoms with E-state index in [1.54, 1.807) is 12.1 Å². The monoisotopic (exact) mass is 435 g/mol. The lowest BCUT2D eigenvalue weighted by Gasteiger charge is -2.11. The number of rotatable bonds is 5. The van der Waals surface area contributed by atoms with E-state index in [-0.39, 0.29) is 29.1 Å². The number of aromatic nitrogens is 3. The highest BCUT2D eigenvalue weighted by Crippen LogP contribution is 2.29. The number of anilines is 1. The zero-order valence-corrected chi connectivity index (χ0v) is 17.3. The summed E-state index contributed by atoms with van der Waals surface area (Å²) in [7, 11) is 1.85. The van der Waals surface area contributed by atoms with Gasteiger partial charge in [0.15, 0.2) is 16.7 Å². The van der Waals surface area contributed by atoms with E-state index in [0.717, 1.165) is 5.56 Å². The Labute approximate surface area is 182 Å². The van der Waals surface area contributed by atoms with Gasteiger partial charge in [0.25, 0.3) is 0 Å². The molecule has 2 N–H and O–H groups in total. The van der Waals surface area contributed by atoms with Gasteiger partial charge in [0, 0.05) is 25.0 Å². The van der Waals surface area contributed by atoms with Crippen molar-refractivity contribution in [1.82, 2.24) is 19.9 Å². The number of hydrogen-bond acceptors (Lipinski definition) is 5. The first-order valence-corrected chi connectivity index (χ1v) is 9.78. The van der Waals surface area contributed by atoms with Crippen LogP contribution in [0, 0.1) is 5.82 Å². The minimum absolute atomic E-state index is 0.00781. The van der Waals surface area contributed by atoms with E-state index in [2.05, 4.69) is 20.6 Å². The summed E-state index contributed by atoms with van der Waals surface area (Å²) in [4.78, 5) is 20.4. The van der Waals surface area contributed by atoms with Gasteiger partial charge in [0.2, 0.25) is 11.8 Å². The standard InChI is InChI=1S/C22H18FN5O2S/c1-28-10-9-16-20(28)24-13-25-21(16)30-18-8-7-15(12-17(18)23)26-22(31)27-19(29)11-14-5-3-2-4-6-14/h2-10,12-13H,11H2,1H3,(H2,26,27,29,31). The molecule has 4 aromatic rings. The summed E-state index contributed by atoms with van der Waals surface area (Å²) < 4.78 is 22.1. The van der Waals surface area contributed by atoms with Crippen molar-refractivity contribution in [3.05, 3.63) is 78.5 Å². The van der Waals surface area contributed by atoms with Crippen LogP contribution < -0.4 is 15.4 Å². The molecule has 7 nitrogen and oxygen atoms in total. The van der Waals surface area contributed by atoms with Gasteiger partial charge in [0.1, 0.15) is 12.0 Å². The number of thiocarbonyl (C=S) groups is 1. The van der Waals surface area contributed by atoms with Gasteiger partial charge in [-0.05, 0) is 36.0 Å². The number of benzene rings is 2. The van der Waals surface area contributed by atoms with E-state index in [4.69, 9.17) is 17.0 Å². The molecule has 0 fully saturated rings. The molecule has 0 bridgehead atoms. The van der Waals surface area contributed by atoms with Crippen LogP contribution >= 0.6 is 12.2 Å². The Bertz CT molecular complexity index is 1260. The second kappa shape index (κ2) is 8.88. The minimum atomic E-state index is -0.605. The molecular formula is C22H18FN5O2S. The van der Waals surface area contributed by atoms with Crippen LogP contribution in [0.1, 0.15) is 5.56 Å². The smallest absolute Gasteiger partial charge is 0.231 e. The number of carbonyl (C=O) groups excluding carboxylic acids is 1. The Morgan fingerprint density at radius 3 is 2.74 bits per heavy atom. The molecule has 1 amide bonds. The molecule has 0 aliphatic carbocycles. The SMILES string of the molecule is Cn1ccc2c(Oc3ccc(NC(=S)NC(=O)Cc4ccccc4)cc3F)ncnc21. The summed E-state index contributed by atoms with van der Waals surface area (Å²) in [6.07, 6.45) is 3.38. The van der Waals surface area contributed by atoms with E-state index in [9.17, 15) is 9.18 Å². The number of nitrogens with one attached hydrogen (secondary N) is 2. The molecule has 0 saturated heterocycles. The zero-order chi connectivity index (χ0) is 21.8. The van der Waals surface area contributed by atoms with Crippen molar-refractivity contribution in [1.29, 1.82) is 0 Å². The number of amides is 1. The van der Waals surface area contributed by atoms with Crippen LogP contribution in [0.15, 0.2) is 67.1 Å². The second-order valence-electron chi connectivity index (χ2n) is 6.75. The van der Waals surface area contributed by atoms with Crippen molar-refractivity contribution in [2.45, 2.75) is 6.42 Å². The molecule has 0 radical (unpaired) electrons. The Balaban J connectivity index is 1.40. The fourth-order valence-corrected chi connectivity index (χ4v) is 3.25. The number of halogens is 1. The van der Waals surface area contributed by atoms with Gasteiger partial charge < -0.3 is 19.9 Å². The normalized spacial score (nSPS) is 10.6. The number of nitrogens with zero attached hydrogens (tertiary/aromatic N) is 3. The molecule has 4 rings (SSSR count). The molecule has 0 aliphatic rings. The molecule has 31 heavy (non-hydrogen) atoms. The molecule has 9 heteroatoms. The van der Waals surface area contributed by atoms with Crippen molar-refractivity contribution in [2.24, 2.45) is 7.05 Å². The molecule has 0 aliphatic heterocycles. The van der Waals surface area contributed by atoms with Gasteiger partial charge in [-0.3, -0.25) is 4.79 Å². The van der Waals surface area contributed by atoms with Gasteiger partial charge in [-0.15, -0.1) is 0 Å². The quantitative estimate of drug-likeness (QED) is 0.462. The Kier molecular flexibility index (Phi) is 5.85. The van der Waals surface area contributed by atoms with Crippen molar-refractivity contribution in [3.63, 3.8) is 0 Å². The first kappa shape index (κ1) is 20.4. The zero-order valence-electron chi connectivity index (χ0n) is 16.5. The van der Waals surface area contributed by atoms with Crippen LogP contribution in [-0.2, 0) is 18.3 Å². The third kappa shape index (κ3) is 4.84. The van der Waals surface area contributed by atoms with Crippen molar-refractivity contribution < 1.29 is 13.9 Å². The maximum atomic E-state index is 14.6. The number of carbonyl (C=O) groups is 1. The Morgan fingerprint density at radius 1 is 1.16 bits per heavy atom. The van der Waals surface area contributed by atoms with Crippen LogP contribution in [0.2, 0.25) is 0 Å². The molecule has 2 aromatic heterocycles. The minimum Gasteiger partial charge on any atom is -0.435 e. The van der Waals surface area contributed by atoms with Gasteiger partial charge in [0.05, 0.1) is 11.8 Å². The predicted octanol–water partition coefficient (Wildman–Crippen LogP) is 3.96. The lowest BCUT2D eigenvalue weighted by molar-refractivity contribution is -0.119. The predicted molar refractivity (Wildman–Crippen MR) is 119 cm³/mol. The Hall–Kier alpha value is -3.85. The first-order valence-electron chi connectivity index (χ1n) is 9.38. The van der Waals surface area contributed by atoms with Crippen LogP contribution in [0.4, 0.5) is 10.1 Å². The first-order chi connectivity index (χ1) is 15.0. The number of fused-ring (bicyclic) bond motifs is 1. The molecule has 156 valence electrons. The van der Waals surface area contributed by atoms with E-state index < -0.39 is 5.82 Å². The molecule has 0 saturated carbocycles. The van der Waals surface area contributed by atoms with E-state index in [1.165, 1.54) is 18.5 Å². The van der Waals surface area contributed by atoms with Crippen LogP contribution in [0.5, 0.6) is 11.6 Å². The summed E-state index contributed by atoms with van der Waals surface area (Å²) in [6, 6.07) is 15.4. The summed E-state index contributed by atoms with van der Waals surface area (Å²) in [5.74, 6) is -0.604. The van der Waals surface area contributed by atoms with Gasteiger partial charge in [-0.25, -0.2) is 14.4 Å².